The average Bonchev–Trinajstić information content (AvgIpc) is 3.16. The molecule has 2 heterocycles. The normalized spacial score (nSPS) is 12.5. The van der Waals surface area contributed by atoms with Crippen LogP contribution in [0.4, 0.5) is 4.39 Å². The zero-order valence-corrected chi connectivity index (χ0v) is 12.6. The summed E-state index contributed by atoms with van der Waals surface area (Å²) in [6, 6.07) is 6.54. The molecule has 1 aromatic carbocycles. The first-order valence-corrected chi connectivity index (χ1v) is 7.80. The maximum absolute atomic E-state index is 13.2. The van der Waals surface area contributed by atoms with Crippen molar-refractivity contribution in [3.8, 4) is 0 Å². The Morgan fingerprint density at radius 3 is 3.05 bits per heavy atom. The number of rotatable bonds is 6. The van der Waals surface area contributed by atoms with Crippen molar-refractivity contribution in [1.29, 1.82) is 0 Å². The van der Waals surface area contributed by atoms with Crippen LogP contribution in [-0.4, -0.2) is 25.3 Å². The number of hydrogen-bond donors (Lipinski definition) is 2. The molecule has 0 saturated carbocycles. The van der Waals surface area contributed by atoms with Crippen LogP contribution in [0.1, 0.15) is 34.6 Å². The molecule has 1 atom stereocenters. The molecule has 0 bridgehead atoms. The van der Waals surface area contributed by atoms with Gasteiger partial charge in [-0.15, -0.1) is 11.3 Å². The molecule has 0 amide bonds. The fourth-order valence-electron chi connectivity index (χ4n) is 2.17. The zero-order chi connectivity index (χ0) is 15.4. The van der Waals surface area contributed by atoms with Gasteiger partial charge in [-0.1, -0.05) is 12.1 Å². The van der Waals surface area contributed by atoms with Crippen molar-refractivity contribution in [2.24, 2.45) is 0 Å². The van der Waals surface area contributed by atoms with Crippen molar-refractivity contribution in [3.63, 3.8) is 0 Å². The number of aromatic amines is 1. The quantitative estimate of drug-likeness (QED) is 0.733. The Morgan fingerprint density at radius 2 is 2.27 bits per heavy atom. The molecule has 0 fully saturated rings. The Kier molecular flexibility index (Phi) is 4.55. The number of nitrogens with one attached hydrogen (secondary N) is 1. The Hall–Kier alpha value is -2.12. The van der Waals surface area contributed by atoms with E-state index in [9.17, 15) is 9.50 Å². The van der Waals surface area contributed by atoms with E-state index in [0.717, 1.165) is 16.3 Å². The number of halogens is 1. The fraction of sp³-hybridized carbons (Fsp3) is 0.267. The van der Waals surface area contributed by atoms with Crippen LogP contribution >= 0.6 is 11.3 Å². The monoisotopic (exact) mass is 318 g/mol. The zero-order valence-electron chi connectivity index (χ0n) is 11.7. The second-order valence-corrected chi connectivity index (χ2v) is 5.91. The second kappa shape index (κ2) is 6.76. The predicted molar refractivity (Wildman–Crippen MR) is 81.0 cm³/mol. The van der Waals surface area contributed by atoms with E-state index in [0.29, 0.717) is 25.1 Å². The highest BCUT2D eigenvalue weighted by atomic mass is 32.1. The summed E-state index contributed by atoms with van der Waals surface area (Å²) in [5.74, 6) is 0.236. The minimum absolute atomic E-state index is 0.233. The summed E-state index contributed by atoms with van der Waals surface area (Å²) in [5, 5.41) is 19.2. The van der Waals surface area contributed by atoms with Crippen LogP contribution in [0, 0.1) is 5.82 Å². The number of H-pyrrole nitrogens is 1. The summed E-state index contributed by atoms with van der Waals surface area (Å²) in [4.78, 5) is 8.46. The third-order valence-corrected chi connectivity index (χ3v) is 4.21. The van der Waals surface area contributed by atoms with Crippen molar-refractivity contribution in [2.45, 2.75) is 25.4 Å². The minimum atomic E-state index is -0.668. The van der Waals surface area contributed by atoms with Crippen molar-refractivity contribution in [2.75, 3.05) is 0 Å². The topological polar surface area (TPSA) is 74.7 Å². The molecule has 7 heteroatoms. The lowest BCUT2D eigenvalue weighted by Gasteiger charge is -2.04. The molecule has 2 aromatic heterocycles. The Balaban J connectivity index is 1.57. The molecule has 0 aliphatic heterocycles. The van der Waals surface area contributed by atoms with E-state index in [1.807, 2.05) is 11.4 Å². The van der Waals surface area contributed by atoms with Gasteiger partial charge in [0.2, 0.25) is 0 Å². The third kappa shape index (κ3) is 3.75. The van der Waals surface area contributed by atoms with E-state index < -0.39 is 6.10 Å². The molecule has 0 spiro atoms. The van der Waals surface area contributed by atoms with E-state index in [1.54, 1.807) is 17.4 Å². The fourth-order valence-corrected chi connectivity index (χ4v) is 2.99. The number of aliphatic hydroxyl groups excluding tert-OH is 1. The predicted octanol–water partition coefficient (Wildman–Crippen LogP) is 2.66. The molecule has 3 rings (SSSR count). The highest BCUT2D eigenvalue weighted by molar-refractivity contribution is 7.09. The Bertz CT molecular complexity index is 729. The SMILES string of the molecule is OC(CCc1nc(Cc2cccc(F)c2)cs1)c1ncn[nH]1. The molecular formula is C15H15FN4OS. The number of aliphatic hydroxyl groups is 1. The van der Waals surface area contributed by atoms with E-state index in [4.69, 9.17) is 0 Å². The molecule has 0 aliphatic carbocycles. The van der Waals surface area contributed by atoms with Crippen LogP contribution in [-0.2, 0) is 12.8 Å². The van der Waals surface area contributed by atoms with Gasteiger partial charge in [0.15, 0.2) is 5.82 Å². The second-order valence-electron chi connectivity index (χ2n) is 4.96. The summed E-state index contributed by atoms with van der Waals surface area (Å²) in [6.07, 6.45) is 2.51. The molecule has 114 valence electrons. The van der Waals surface area contributed by atoms with Crippen molar-refractivity contribution in [1.82, 2.24) is 20.2 Å². The summed E-state index contributed by atoms with van der Waals surface area (Å²) in [5.41, 5.74) is 1.82. The summed E-state index contributed by atoms with van der Waals surface area (Å²) >= 11 is 1.55. The van der Waals surface area contributed by atoms with Crippen LogP contribution in [0.5, 0.6) is 0 Å². The molecule has 3 aromatic rings. The average molecular weight is 318 g/mol. The lowest BCUT2D eigenvalue weighted by molar-refractivity contribution is 0.158. The first-order valence-electron chi connectivity index (χ1n) is 6.92. The van der Waals surface area contributed by atoms with Crippen molar-refractivity contribution >= 4 is 11.3 Å². The van der Waals surface area contributed by atoms with Crippen molar-refractivity contribution < 1.29 is 9.50 Å². The maximum atomic E-state index is 13.2. The molecule has 2 N–H and O–H groups in total. The van der Waals surface area contributed by atoms with E-state index in [1.165, 1.54) is 18.5 Å². The molecular weight excluding hydrogens is 303 g/mol. The molecule has 0 aliphatic rings. The summed E-state index contributed by atoms with van der Waals surface area (Å²) < 4.78 is 13.2. The summed E-state index contributed by atoms with van der Waals surface area (Å²) in [6.45, 7) is 0. The number of hydrogen-bond acceptors (Lipinski definition) is 5. The van der Waals surface area contributed by atoms with Gasteiger partial charge in [-0.25, -0.2) is 14.4 Å². The number of aromatic nitrogens is 4. The molecule has 1 unspecified atom stereocenters. The Morgan fingerprint density at radius 1 is 1.36 bits per heavy atom. The maximum Gasteiger partial charge on any atom is 0.153 e. The van der Waals surface area contributed by atoms with Crippen molar-refractivity contribution in [3.05, 3.63) is 63.9 Å². The minimum Gasteiger partial charge on any atom is -0.385 e. The van der Waals surface area contributed by atoms with E-state index in [-0.39, 0.29) is 5.82 Å². The number of aryl methyl sites for hydroxylation is 1. The smallest absolute Gasteiger partial charge is 0.153 e. The van der Waals surface area contributed by atoms with E-state index >= 15 is 0 Å². The van der Waals surface area contributed by atoms with Gasteiger partial charge in [-0.05, 0) is 24.1 Å². The Labute approximate surface area is 130 Å². The van der Waals surface area contributed by atoms with Gasteiger partial charge >= 0.3 is 0 Å². The molecule has 0 radical (unpaired) electrons. The lowest BCUT2D eigenvalue weighted by atomic mass is 10.1. The van der Waals surface area contributed by atoms with Crippen LogP contribution in [0.15, 0.2) is 36.0 Å². The standard InChI is InChI=1S/C15H15FN4OS/c16-11-3-1-2-10(6-11)7-12-8-22-14(19-12)5-4-13(21)15-17-9-18-20-15/h1-3,6,8-9,13,21H,4-5,7H2,(H,17,18,20). The highest BCUT2D eigenvalue weighted by Crippen LogP contribution is 2.19. The lowest BCUT2D eigenvalue weighted by Crippen LogP contribution is -2.02. The van der Waals surface area contributed by atoms with Crippen LogP contribution in [0.2, 0.25) is 0 Å². The molecule has 22 heavy (non-hydrogen) atoms. The van der Waals surface area contributed by atoms with Gasteiger partial charge < -0.3 is 5.11 Å². The van der Waals surface area contributed by atoms with Crippen LogP contribution in [0.3, 0.4) is 0 Å². The number of thiazole rings is 1. The van der Waals surface area contributed by atoms with E-state index in [2.05, 4.69) is 20.2 Å². The largest absolute Gasteiger partial charge is 0.385 e. The van der Waals surface area contributed by atoms with Gasteiger partial charge in [0.1, 0.15) is 18.2 Å². The highest BCUT2D eigenvalue weighted by Gasteiger charge is 2.12. The van der Waals surface area contributed by atoms with Gasteiger partial charge in [0.25, 0.3) is 0 Å². The molecule has 0 saturated heterocycles. The van der Waals surface area contributed by atoms with Gasteiger partial charge in [-0.3, -0.25) is 5.10 Å². The van der Waals surface area contributed by atoms with Gasteiger partial charge in [0, 0.05) is 18.2 Å². The first kappa shape index (κ1) is 14.8. The number of nitrogens with zero attached hydrogens (tertiary/aromatic N) is 3. The van der Waals surface area contributed by atoms with Gasteiger partial charge in [0.05, 0.1) is 10.7 Å². The summed E-state index contributed by atoms with van der Waals surface area (Å²) in [7, 11) is 0. The van der Waals surface area contributed by atoms with Gasteiger partial charge in [-0.2, -0.15) is 5.10 Å². The van der Waals surface area contributed by atoms with Crippen LogP contribution in [0.25, 0.3) is 0 Å². The number of benzene rings is 1. The molecule has 5 nitrogen and oxygen atoms in total. The van der Waals surface area contributed by atoms with Crippen LogP contribution < -0.4 is 0 Å². The first-order chi connectivity index (χ1) is 10.7. The third-order valence-electron chi connectivity index (χ3n) is 3.25.